The van der Waals surface area contributed by atoms with Crippen LogP contribution in [0, 0.1) is 23.0 Å². The quantitative estimate of drug-likeness (QED) is 0.395. The van der Waals surface area contributed by atoms with Gasteiger partial charge in [-0.2, -0.15) is 5.26 Å². The number of nitrogens with one attached hydrogen (secondary N) is 2. The highest BCUT2D eigenvalue weighted by atomic mass is 19.2. The van der Waals surface area contributed by atoms with Gasteiger partial charge in [-0.1, -0.05) is 18.2 Å². The normalized spacial score (nSPS) is 22.4. The first-order chi connectivity index (χ1) is 21.7. The predicted octanol–water partition coefficient (Wildman–Crippen LogP) is 2.40. The van der Waals surface area contributed by atoms with Crippen LogP contribution in [0.4, 0.5) is 24.1 Å². The number of urea groups is 2. The van der Waals surface area contributed by atoms with Crippen molar-refractivity contribution in [2.24, 2.45) is 0 Å². The van der Waals surface area contributed by atoms with Crippen LogP contribution in [0.1, 0.15) is 30.0 Å². The summed E-state index contributed by atoms with van der Waals surface area (Å²) in [5, 5.41) is 26.3. The molecule has 3 unspecified atom stereocenters. The van der Waals surface area contributed by atoms with Crippen molar-refractivity contribution >= 4 is 23.7 Å². The summed E-state index contributed by atoms with van der Waals surface area (Å²) in [6.07, 6.45) is 0.513. The van der Waals surface area contributed by atoms with Crippen molar-refractivity contribution in [2.75, 3.05) is 51.9 Å². The molecule has 2 aromatic carbocycles. The molecule has 0 spiro atoms. The Morgan fingerprint density at radius 1 is 1.11 bits per heavy atom. The van der Waals surface area contributed by atoms with E-state index >= 15 is 0 Å². The molecule has 0 aliphatic carbocycles. The largest absolute Gasteiger partial charge is 0.466 e. The highest BCUT2D eigenvalue weighted by Crippen LogP contribution is 2.36. The summed E-state index contributed by atoms with van der Waals surface area (Å²) in [4.78, 5) is 44.5. The first kappa shape index (κ1) is 31.8. The third-order valence-electron chi connectivity index (χ3n) is 8.36. The van der Waals surface area contributed by atoms with Crippen LogP contribution < -0.4 is 15.5 Å². The van der Waals surface area contributed by atoms with E-state index in [1.807, 2.05) is 18.2 Å². The Balaban J connectivity index is 1.34. The van der Waals surface area contributed by atoms with E-state index in [9.17, 15) is 33.5 Å². The van der Waals surface area contributed by atoms with E-state index in [0.717, 1.165) is 42.7 Å². The minimum Gasteiger partial charge on any atom is -0.466 e. The molecule has 3 N–H and O–H groups in total. The van der Waals surface area contributed by atoms with Crippen LogP contribution in [-0.2, 0) is 14.3 Å². The zero-order valence-electron chi connectivity index (χ0n) is 24.8. The van der Waals surface area contributed by atoms with Crippen molar-refractivity contribution in [3.05, 3.63) is 76.5 Å². The van der Waals surface area contributed by atoms with Crippen molar-refractivity contribution in [1.29, 1.82) is 5.26 Å². The van der Waals surface area contributed by atoms with Crippen LogP contribution >= 0.6 is 0 Å². The van der Waals surface area contributed by atoms with Gasteiger partial charge in [0.15, 0.2) is 11.6 Å². The lowest BCUT2D eigenvalue weighted by atomic mass is 9.93. The van der Waals surface area contributed by atoms with Crippen LogP contribution in [0.5, 0.6) is 0 Å². The molecule has 0 radical (unpaired) electrons. The van der Waals surface area contributed by atoms with Gasteiger partial charge >= 0.3 is 18.0 Å². The second kappa shape index (κ2) is 13.6. The second-order valence-electron chi connectivity index (χ2n) is 11.1. The first-order valence-electron chi connectivity index (χ1n) is 14.5. The number of aliphatic hydroxyl groups excluding tert-OH is 1. The van der Waals surface area contributed by atoms with Crippen LogP contribution in [0.3, 0.4) is 0 Å². The van der Waals surface area contributed by atoms with Crippen molar-refractivity contribution in [3.63, 3.8) is 0 Å². The van der Waals surface area contributed by atoms with Gasteiger partial charge in [0.1, 0.15) is 12.1 Å². The standard InChI is InChI=1S/C31H34F2N6O6/c1-44-17-24-27(29(41)45-2)28(18-7-8-21(32)22(33)13-18)39(30(42)36-24)31(43)38-15-23(26(40)16-38)35-20-9-11-37(12-10-20)25-6-4-3-5-19(25)14-34/h3-8,13,20,23,26,28,35,40H,9-12,15-17H2,1-2H3,(H,36,42). The smallest absolute Gasteiger partial charge is 0.338 e. The fourth-order valence-electron chi connectivity index (χ4n) is 6.16. The molecule has 3 aliphatic heterocycles. The number of β-amino-alcohol motifs (C(OH)–C–C–N with tert-alkyl or cyclic N) is 1. The van der Waals surface area contributed by atoms with E-state index in [1.54, 1.807) is 6.07 Å². The average Bonchev–Trinajstić information content (AvgIpc) is 3.41. The molecule has 238 valence electrons. The van der Waals surface area contributed by atoms with E-state index in [1.165, 1.54) is 18.1 Å². The van der Waals surface area contributed by atoms with Gasteiger partial charge in [0.25, 0.3) is 0 Å². The third-order valence-corrected chi connectivity index (χ3v) is 8.36. The molecule has 2 saturated heterocycles. The van der Waals surface area contributed by atoms with Crippen molar-refractivity contribution < 1.29 is 37.7 Å². The molecule has 3 aliphatic rings. The van der Waals surface area contributed by atoms with Crippen molar-refractivity contribution in [1.82, 2.24) is 20.4 Å². The Morgan fingerprint density at radius 2 is 1.84 bits per heavy atom. The monoisotopic (exact) mass is 624 g/mol. The Bertz CT molecular complexity index is 1540. The topological polar surface area (TPSA) is 147 Å². The second-order valence-corrected chi connectivity index (χ2v) is 11.1. The van der Waals surface area contributed by atoms with Gasteiger partial charge in [-0.3, -0.25) is 0 Å². The maximum absolute atomic E-state index is 14.4. The number of likely N-dealkylation sites (tertiary alicyclic amines) is 1. The molecule has 2 aromatic rings. The van der Waals surface area contributed by atoms with E-state index in [2.05, 4.69) is 21.6 Å². The number of nitrogens with zero attached hydrogens (tertiary/aromatic N) is 4. The van der Waals surface area contributed by atoms with Gasteiger partial charge in [0.05, 0.1) is 54.9 Å². The van der Waals surface area contributed by atoms with Gasteiger partial charge in [-0.25, -0.2) is 28.1 Å². The summed E-state index contributed by atoms with van der Waals surface area (Å²) < 4.78 is 38.3. The minimum atomic E-state index is -1.47. The number of aliphatic hydroxyl groups is 1. The molecule has 0 saturated carbocycles. The summed E-state index contributed by atoms with van der Waals surface area (Å²) in [7, 11) is 2.45. The molecule has 14 heteroatoms. The van der Waals surface area contributed by atoms with E-state index < -0.39 is 47.9 Å². The number of nitriles is 1. The fraction of sp³-hybridized carbons (Fsp3) is 0.419. The number of hydrogen-bond acceptors (Lipinski definition) is 9. The maximum atomic E-state index is 14.4. The van der Waals surface area contributed by atoms with Gasteiger partial charge in [-0.05, 0) is 42.7 Å². The van der Waals surface area contributed by atoms with Crippen LogP contribution in [0.25, 0.3) is 0 Å². The van der Waals surface area contributed by atoms with Crippen LogP contribution in [0.15, 0.2) is 53.7 Å². The Hall–Kier alpha value is -4.58. The summed E-state index contributed by atoms with van der Waals surface area (Å²) in [5.74, 6) is -3.28. The molecule has 0 aromatic heterocycles. The van der Waals surface area contributed by atoms with Gasteiger partial charge in [0, 0.05) is 32.8 Å². The highest BCUT2D eigenvalue weighted by Gasteiger charge is 2.47. The maximum Gasteiger partial charge on any atom is 0.338 e. The predicted molar refractivity (Wildman–Crippen MR) is 157 cm³/mol. The Labute approximate surface area is 258 Å². The molecular weight excluding hydrogens is 590 g/mol. The number of para-hydroxylation sites is 1. The Morgan fingerprint density at radius 3 is 2.51 bits per heavy atom. The Kier molecular flexibility index (Phi) is 9.62. The van der Waals surface area contributed by atoms with Crippen molar-refractivity contribution in [2.45, 2.75) is 37.1 Å². The van der Waals surface area contributed by atoms with Gasteiger partial charge in [-0.15, -0.1) is 0 Å². The summed E-state index contributed by atoms with van der Waals surface area (Å²) >= 11 is 0. The number of anilines is 1. The number of rotatable bonds is 7. The lowest BCUT2D eigenvalue weighted by molar-refractivity contribution is -0.137. The van der Waals surface area contributed by atoms with Gasteiger partial charge < -0.3 is 35.0 Å². The number of benzene rings is 2. The summed E-state index contributed by atoms with van der Waals surface area (Å²) in [5.41, 5.74) is 1.27. The molecular formula is C31H34F2N6O6. The number of carbonyl (C=O) groups excluding carboxylic acids is 3. The SMILES string of the molecule is COCC1=C(C(=O)OC)C(c2ccc(F)c(F)c2)N(C(=O)N2CC(O)C(NC3CCN(c4ccccc4C#N)CC3)C2)C(=O)N1. The number of ether oxygens (including phenoxy) is 2. The molecule has 5 rings (SSSR count). The minimum absolute atomic E-state index is 0.0119. The average molecular weight is 625 g/mol. The fourth-order valence-corrected chi connectivity index (χ4v) is 6.16. The number of methoxy groups -OCH3 is 2. The molecule has 4 amide bonds. The molecule has 3 heterocycles. The number of hydrogen-bond donors (Lipinski definition) is 3. The van der Waals surface area contributed by atoms with Crippen molar-refractivity contribution in [3.8, 4) is 6.07 Å². The number of esters is 1. The molecule has 45 heavy (non-hydrogen) atoms. The summed E-state index contributed by atoms with van der Waals surface area (Å²) in [6, 6.07) is 8.77. The third kappa shape index (κ3) is 6.46. The zero-order valence-corrected chi connectivity index (χ0v) is 24.8. The summed E-state index contributed by atoms with van der Waals surface area (Å²) in [6.45, 7) is 1.10. The molecule has 3 atom stereocenters. The van der Waals surface area contributed by atoms with Crippen LogP contribution in [-0.4, -0.2) is 98.1 Å². The highest BCUT2D eigenvalue weighted by molar-refractivity contribution is 6.02. The molecule has 2 fully saturated rings. The van der Waals surface area contributed by atoms with E-state index in [4.69, 9.17) is 9.47 Å². The zero-order chi connectivity index (χ0) is 32.2. The molecule has 12 nitrogen and oxygen atoms in total. The van der Waals surface area contributed by atoms with Crippen LogP contribution in [0.2, 0.25) is 0 Å². The number of halogens is 2. The lowest BCUT2D eigenvalue weighted by Gasteiger charge is -2.38. The number of imide groups is 1. The van der Waals surface area contributed by atoms with E-state index in [-0.39, 0.29) is 42.6 Å². The number of piperidine rings is 1. The number of amides is 4. The number of carbonyl (C=O) groups is 3. The lowest BCUT2D eigenvalue weighted by Crippen LogP contribution is -2.56. The van der Waals surface area contributed by atoms with Gasteiger partial charge in [0.2, 0.25) is 0 Å². The van der Waals surface area contributed by atoms with E-state index in [0.29, 0.717) is 18.7 Å². The first-order valence-corrected chi connectivity index (χ1v) is 14.5. The molecule has 0 bridgehead atoms.